The Morgan fingerprint density at radius 1 is 1.03 bits per heavy atom. The van der Waals surface area contributed by atoms with Gasteiger partial charge in [0, 0.05) is 36.5 Å². The minimum Gasteiger partial charge on any atom is -0.365 e. The number of hydrogen-bond donors (Lipinski definition) is 4. The van der Waals surface area contributed by atoms with Crippen LogP contribution in [0.2, 0.25) is 0 Å². The number of carbonyl (C=O) groups is 1. The zero-order valence-corrected chi connectivity index (χ0v) is 20.2. The first kappa shape index (κ1) is 23.0. The maximum absolute atomic E-state index is 12.0. The molecule has 182 valence electrons. The maximum Gasteiger partial charge on any atom is 0.252 e. The normalized spacial score (nSPS) is 16.7. The third-order valence-corrected chi connectivity index (χ3v) is 6.97. The molecule has 1 aromatic carbocycles. The highest BCUT2D eigenvalue weighted by molar-refractivity contribution is 5.99. The molecule has 0 aliphatic carbocycles. The van der Waals surface area contributed by atoms with Crippen molar-refractivity contribution in [2.45, 2.75) is 32.6 Å². The van der Waals surface area contributed by atoms with Crippen LogP contribution in [-0.4, -0.2) is 47.3 Å². The van der Waals surface area contributed by atoms with Crippen molar-refractivity contribution in [2.75, 3.05) is 41.7 Å². The SMILES string of the molecule is CC(C)c1ccccc1Nc1cc(Nc2ccc(N3CC4(CCNCC4)C3)nn2)ncc1C(N)=O. The van der Waals surface area contributed by atoms with E-state index in [0.29, 0.717) is 34.2 Å². The van der Waals surface area contributed by atoms with Gasteiger partial charge in [-0.2, -0.15) is 0 Å². The van der Waals surface area contributed by atoms with Crippen molar-refractivity contribution in [2.24, 2.45) is 11.1 Å². The van der Waals surface area contributed by atoms with Crippen LogP contribution in [0.4, 0.5) is 28.8 Å². The Hall–Kier alpha value is -3.72. The zero-order valence-electron chi connectivity index (χ0n) is 20.2. The van der Waals surface area contributed by atoms with Gasteiger partial charge >= 0.3 is 0 Å². The smallest absolute Gasteiger partial charge is 0.252 e. The summed E-state index contributed by atoms with van der Waals surface area (Å²) in [4.78, 5) is 18.7. The summed E-state index contributed by atoms with van der Waals surface area (Å²) in [5, 5.41) is 18.8. The molecular formula is C26H32N8O. The van der Waals surface area contributed by atoms with Gasteiger partial charge in [0.1, 0.15) is 5.82 Å². The Morgan fingerprint density at radius 2 is 1.80 bits per heavy atom. The van der Waals surface area contributed by atoms with Crippen molar-refractivity contribution < 1.29 is 4.79 Å². The zero-order chi connectivity index (χ0) is 24.4. The highest BCUT2D eigenvalue weighted by Crippen LogP contribution is 2.40. The molecule has 0 bridgehead atoms. The summed E-state index contributed by atoms with van der Waals surface area (Å²) in [6.07, 6.45) is 3.93. The number of pyridine rings is 1. The lowest BCUT2D eigenvalue weighted by Gasteiger charge is -2.52. The molecule has 0 saturated carbocycles. The van der Waals surface area contributed by atoms with Gasteiger partial charge in [-0.25, -0.2) is 4.98 Å². The number of nitrogens with zero attached hydrogens (tertiary/aromatic N) is 4. The number of piperidine rings is 1. The number of amides is 1. The highest BCUT2D eigenvalue weighted by atomic mass is 16.1. The second-order valence-electron chi connectivity index (χ2n) is 9.85. The number of benzene rings is 1. The minimum absolute atomic E-state index is 0.319. The van der Waals surface area contributed by atoms with E-state index in [0.717, 1.165) is 43.2 Å². The van der Waals surface area contributed by atoms with Gasteiger partial charge in [-0.3, -0.25) is 4.79 Å². The van der Waals surface area contributed by atoms with Gasteiger partial charge in [-0.1, -0.05) is 32.0 Å². The van der Waals surface area contributed by atoms with Crippen LogP contribution in [0.3, 0.4) is 0 Å². The summed E-state index contributed by atoms with van der Waals surface area (Å²) in [6, 6.07) is 13.7. The first-order valence-corrected chi connectivity index (χ1v) is 12.1. The summed E-state index contributed by atoms with van der Waals surface area (Å²) in [5.74, 6) is 1.79. The molecule has 0 radical (unpaired) electrons. The molecule has 5 rings (SSSR count). The van der Waals surface area contributed by atoms with Crippen LogP contribution in [0.15, 0.2) is 48.7 Å². The summed E-state index contributed by atoms with van der Waals surface area (Å²) in [6.45, 7) is 8.54. The first-order chi connectivity index (χ1) is 16.9. The Balaban J connectivity index is 1.30. The van der Waals surface area contributed by atoms with Crippen molar-refractivity contribution in [3.05, 3.63) is 59.8 Å². The molecule has 3 aromatic rings. The molecule has 0 atom stereocenters. The fourth-order valence-corrected chi connectivity index (χ4v) is 4.97. The van der Waals surface area contributed by atoms with Crippen LogP contribution < -0.4 is 26.6 Å². The largest absolute Gasteiger partial charge is 0.365 e. The van der Waals surface area contributed by atoms with Crippen molar-refractivity contribution in [1.29, 1.82) is 0 Å². The van der Waals surface area contributed by atoms with E-state index < -0.39 is 5.91 Å². The van der Waals surface area contributed by atoms with Gasteiger partial charge in [0.2, 0.25) is 0 Å². The summed E-state index contributed by atoms with van der Waals surface area (Å²) < 4.78 is 0. The predicted octanol–water partition coefficient (Wildman–Crippen LogP) is 3.77. The topological polar surface area (TPSA) is 121 Å². The molecule has 4 heterocycles. The predicted molar refractivity (Wildman–Crippen MR) is 139 cm³/mol. The van der Waals surface area contributed by atoms with Crippen molar-refractivity contribution in [3.8, 4) is 0 Å². The molecular weight excluding hydrogens is 440 g/mol. The van der Waals surface area contributed by atoms with Crippen molar-refractivity contribution in [3.63, 3.8) is 0 Å². The molecule has 2 saturated heterocycles. The Morgan fingerprint density at radius 3 is 2.49 bits per heavy atom. The van der Waals surface area contributed by atoms with Crippen LogP contribution in [0.1, 0.15) is 48.5 Å². The number of nitrogens with two attached hydrogens (primary N) is 1. The maximum atomic E-state index is 12.0. The summed E-state index contributed by atoms with van der Waals surface area (Å²) >= 11 is 0. The fourth-order valence-electron chi connectivity index (χ4n) is 4.97. The van der Waals surface area contributed by atoms with Crippen molar-refractivity contribution in [1.82, 2.24) is 20.5 Å². The number of anilines is 5. The van der Waals surface area contributed by atoms with E-state index in [-0.39, 0.29) is 0 Å². The van der Waals surface area contributed by atoms with Crippen LogP contribution in [0.25, 0.3) is 0 Å². The van der Waals surface area contributed by atoms with Crippen LogP contribution >= 0.6 is 0 Å². The second kappa shape index (κ2) is 9.50. The fraction of sp³-hybridized carbons (Fsp3) is 0.385. The average molecular weight is 473 g/mol. The van der Waals surface area contributed by atoms with E-state index in [1.165, 1.54) is 19.0 Å². The highest BCUT2D eigenvalue weighted by Gasteiger charge is 2.43. The standard InChI is InChI=1S/C26H32N8O/c1-17(2)18-5-3-4-6-20(18)30-21-13-23(29-14-19(21)25(27)35)31-22-7-8-24(33-32-22)34-15-26(16-34)9-11-28-12-10-26/h3-8,13-14,17,28H,9-12,15-16H2,1-2H3,(H2,27,35)(H2,29,30,31,32). The molecule has 2 fully saturated rings. The summed E-state index contributed by atoms with van der Waals surface area (Å²) in [5.41, 5.74) is 9.03. The molecule has 9 nitrogen and oxygen atoms in total. The number of carbonyl (C=O) groups excluding carboxylic acids is 1. The Kier molecular flexibility index (Phi) is 6.25. The van der Waals surface area contributed by atoms with E-state index in [1.54, 1.807) is 6.07 Å². The number of para-hydroxylation sites is 1. The van der Waals surface area contributed by atoms with Gasteiger partial charge in [-0.05, 0) is 55.6 Å². The van der Waals surface area contributed by atoms with Crippen LogP contribution in [0, 0.1) is 5.41 Å². The Labute approximate surface area is 205 Å². The molecule has 0 unspecified atom stereocenters. The van der Waals surface area contributed by atoms with E-state index in [9.17, 15) is 4.79 Å². The van der Waals surface area contributed by atoms with E-state index in [1.807, 2.05) is 30.3 Å². The third kappa shape index (κ3) is 4.90. The monoisotopic (exact) mass is 472 g/mol. The Bertz CT molecular complexity index is 1200. The molecule has 9 heteroatoms. The average Bonchev–Trinajstić information content (AvgIpc) is 2.84. The molecule has 2 aliphatic heterocycles. The van der Waals surface area contributed by atoms with E-state index in [2.05, 4.69) is 55.9 Å². The number of aromatic nitrogens is 3. The minimum atomic E-state index is -0.543. The molecule has 1 amide bonds. The van der Waals surface area contributed by atoms with E-state index >= 15 is 0 Å². The van der Waals surface area contributed by atoms with Gasteiger partial charge < -0.3 is 26.6 Å². The quantitative estimate of drug-likeness (QED) is 0.410. The molecule has 1 spiro atoms. The van der Waals surface area contributed by atoms with Gasteiger partial charge in [0.05, 0.1) is 11.3 Å². The van der Waals surface area contributed by atoms with Crippen LogP contribution in [0.5, 0.6) is 0 Å². The molecule has 5 N–H and O–H groups in total. The second-order valence-corrected chi connectivity index (χ2v) is 9.85. The van der Waals surface area contributed by atoms with Gasteiger partial charge in [-0.15, -0.1) is 10.2 Å². The van der Waals surface area contributed by atoms with Crippen molar-refractivity contribution >= 4 is 34.7 Å². The molecule has 35 heavy (non-hydrogen) atoms. The van der Waals surface area contributed by atoms with Gasteiger partial charge in [0.25, 0.3) is 5.91 Å². The lowest BCUT2D eigenvalue weighted by atomic mass is 9.72. The number of primary amides is 1. The third-order valence-electron chi connectivity index (χ3n) is 6.97. The number of nitrogens with one attached hydrogen (secondary N) is 3. The van der Waals surface area contributed by atoms with E-state index in [4.69, 9.17) is 5.73 Å². The molecule has 2 aromatic heterocycles. The lowest BCUT2D eigenvalue weighted by molar-refractivity contribution is 0.100. The molecule has 2 aliphatic rings. The summed E-state index contributed by atoms with van der Waals surface area (Å²) in [7, 11) is 0. The number of rotatable bonds is 7. The first-order valence-electron chi connectivity index (χ1n) is 12.1. The van der Waals surface area contributed by atoms with Gasteiger partial charge in [0.15, 0.2) is 11.6 Å². The van der Waals surface area contributed by atoms with Crippen LogP contribution in [-0.2, 0) is 0 Å². The lowest BCUT2D eigenvalue weighted by Crippen LogP contribution is -2.60. The number of hydrogen-bond acceptors (Lipinski definition) is 8.